The lowest BCUT2D eigenvalue weighted by atomic mass is 9.88. The van der Waals surface area contributed by atoms with E-state index in [0.717, 1.165) is 12.5 Å². The van der Waals surface area contributed by atoms with Gasteiger partial charge in [0.1, 0.15) is 4.90 Å². The zero-order valence-electron chi connectivity index (χ0n) is 12.0. The number of rotatable bonds is 3. The molecule has 8 heteroatoms. The fraction of sp³-hybridized carbons (Fsp3) is 0.615. The number of carboxylic acid groups (broad SMARTS) is 1. The molecule has 3 unspecified atom stereocenters. The summed E-state index contributed by atoms with van der Waals surface area (Å²) in [5, 5.41) is 8.91. The summed E-state index contributed by atoms with van der Waals surface area (Å²) >= 11 is 3.00. The van der Waals surface area contributed by atoms with Crippen LogP contribution in [0.3, 0.4) is 0 Å². The van der Waals surface area contributed by atoms with Crippen LogP contribution in [0.5, 0.6) is 0 Å². The third-order valence-corrected chi connectivity index (χ3v) is 6.81. The van der Waals surface area contributed by atoms with Gasteiger partial charge in [0.25, 0.3) is 0 Å². The Balaban J connectivity index is 2.44. The van der Waals surface area contributed by atoms with E-state index in [9.17, 15) is 13.2 Å². The molecule has 0 spiro atoms. The third kappa shape index (κ3) is 3.02. The lowest BCUT2D eigenvalue weighted by molar-refractivity contribution is 0.0661. The van der Waals surface area contributed by atoms with Gasteiger partial charge in [0, 0.05) is 18.7 Å². The van der Waals surface area contributed by atoms with Crippen molar-refractivity contribution in [3.8, 4) is 0 Å². The summed E-state index contributed by atoms with van der Waals surface area (Å²) in [6.45, 7) is 6.34. The molecule has 0 aromatic carbocycles. The van der Waals surface area contributed by atoms with Gasteiger partial charge in [0.2, 0.25) is 15.8 Å². The molecule has 1 saturated heterocycles. The Bertz CT molecular complexity index is 654. The molecule has 3 atom stereocenters. The minimum absolute atomic E-state index is 0.0713. The maximum atomic E-state index is 12.8. The van der Waals surface area contributed by atoms with Gasteiger partial charge in [0.15, 0.2) is 4.67 Å². The van der Waals surface area contributed by atoms with E-state index < -0.39 is 21.8 Å². The molecule has 1 aliphatic heterocycles. The van der Waals surface area contributed by atoms with Crippen molar-refractivity contribution in [1.29, 1.82) is 0 Å². The van der Waals surface area contributed by atoms with E-state index in [0.29, 0.717) is 6.54 Å². The van der Waals surface area contributed by atoms with E-state index in [4.69, 9.17) is 9.52 Å². The Morgan fingerprint density at radius 2 is 2.05 bits per heavy atom. The van der Waals surface area contributed by atoms with Crippen LogP contribution >= 0.6 is 15.9 Å². The molecular formula is C13H18BrNO5S. The van der Waals surface area contributed by atoms with Crippen molar-refractivity contribution in [3.63, 3.8) is 0 Å². The summed E-state index contributed by atoms with van der Waals surface area (Å²) in [6, 6.07) is 0.916. The van der Waals surface area contributed by atoms with Gasteiger partial charge in [-0.25, -0.2) is 13.2 Å². The Hall–Kier alpha value is -0.860. The van der Waals surface area contributed by atoms with Crippen LogP contribution in [0.4, 0.5) is 0 Å². The van der Waals surface area contributed by atoms with Gasteiger partial charge in [-0.15, -0.1) is 0 Å². The number of carbonyl (C=O) groups is 1. The number of piperidine rings is 1. The van der Waals surface area contributed by atoms with Gasteiger partial charge in [-0.2, -0.15) is 4.31 Å². The van der Waals surface area contributed by atoms with Crippen molar-refractivity contribution < 1.29 is 22.7 Å². The highest BCUT2D eigenvalue weighted by Crippen LogP contribution is 2.35. The minimum atomic E-state index is -3.79. The van der Waals surface area contributed by atoms with Gasteiger partial charge in [-0.3, -0.25) is 0 Å². The van der Waals surface area contributed by atoms with Crippen LogP contribution in [0, 0.1) is 11.8 Å². The van der Waals surface area contributed by atoms with E-state index in [1.807, 2.05) is 20.8 Å². The minimum Gasteiger partial charge on any atom is -0.475 e. The molecule has 0 radical (unpaired) electrons. The predicted octanol–water partition coefficient (Wildman–Crippen LogP) is 2.80. The standard InChI is InChI=1S/C13H18BrNO5S/c1-7-4-8(2)9(3)15(6-7)21(18,19)11-5-10(13(16)17)20-12(11)14/h5,7-9H,4,6H2,1-3H3,(H,16,17). The van der Waals surface area contributed by atoms with Gasteiger partial charge in [-0.05, 0) is 41.1 Å². The molecule has 0 aliphatic carbocycles. The molecule has 118 valence electrons. The normalized spacial score (nSPS) is 27.7. The number of furan rings is 1. The van der Waals surface area contributed by atoms with Crippen LogP contribution < -0.4 is 0 Å². The van der Waals surface area contributed by atoms with Gasteiger partial charge in [0.05, 0.1) is 0 Å². The van der Waals surface area contributed by atoms with E-state index in [1.54, 1.807) is 0 Å². The average molecular weight is 380 g/mol. The molecule has 0 amide bonds. The number of hydrogen-bond donors (Lipinski definition) is 1. The SMILES string of the molecule is CC1CC(C)C(C)N(S(=O)(=O)c2cc(C(=O)O)oc2Br)C1. The van der Waals surface area contributed by atoms with Crippen molar-refractivity contribution in [3.05, 3.63) is 16.5 Å². The number of aromatic carboxylic acids is 1. The molecule has 1 aromatic heterocycles. The highest BCUT2D eigenvalue weighted by molar-refractivity contribution is 9.10. The van der Waals surface area contributed by atoms with Crippen LogP contribution in [0.25, 0.3) is 0 Å². The van der Waals surface area contributed by atoms with Crippen molar-refractivity contribution in [2.24, 2.45) is 11.8 Å². The Morgan fingerprint density at radius 3 is 2.57 bits per heavy atom. The fourth-order valence-corrected chi connectivity index (χ4v) is 5.49. The zero-order valence-corrected chi connectivity index (χ0v) is 14.4. The van der Waals surface area contributed by atoms with Gasteiger partial charge in [-0.1, -0.05) is 13.8 Å². The van der Waals surface area contributed by atoms with E-state index in [-0.39, 0.29) is 27.4 Å². The van der Waals surface area contributed by atoms with Gasteiger partial charge < -0.3 is 9.52 Å². The fourth-order valence-electron chi connectivity index (χ4n) is 2.74. The molecular weight excluding hydrogens is 362 g/mol. The summed E-state index contributed by atoms with van der Waals surface area (Å²) in [7, 11) is -3.79. The Morgan fingerprint density at radius 1 is 1.43 bits per heavy atom. The molecule has 1 aromatic rings. The number of nitrogens with zero attached hydrogens (tertiary/aromatic N) is 1. The molecule has 2 heterocycles. The van der Waals surface area contributed by atoms with Crippen molar-refractivity contribution in [2.75, 3.05) is 6.54 Å². The molecule has 1 N–H and O–H groups in total. The number of halogens is 1. The van der Waals surface area contributed by atoms with Crippen molar-refractivity contribution in [1.82, 2.24) is 4.31 Å². The number of sulfonamides is 1. The number of carboxylic acids is 1. The average Bonchev–Trinajstić information content (AvgIpc) is 2.76. The maximum absolute atomic E-state index is 12.8. The molecule has 0 saturated carbocycles. The second-order valence-electron chi connectivity index (χ2n) is 5.69. The molecule has 1 fully saturated rings. The van der Waals surface area contributed by atoms with Crippen LogP contribution in [0.2, 0.25) is 0 Å². The zero-order chi connectivity index (χ0) is 15.9. The molecule has 6 nitrogen and oxygen atoms in total. The third-order valence-electron chi connectivity index (χ3n) is 4.00. The quantitative estimate of drug-likeness (QED) is 0.871. The molecule has 2 rings (SSSR count). The van der Waals surface area contributed by atoms with E-state index >= 15 is 0 Å². The predicted molar refractivity (Wildman–Crippen MR) is 79.7 cm³/mol. The highest BCUT2D eigenvalue weighted by Gasteiger charge is 2.39. The first-order valence-electron chi connectivity index (χ1n) is 6.69. The summed E-state index contributed by atoms with van der Waals surface area (Å²) in [5.41, 5.74) is 0. The first-order valence-corrected chi connectivity index (χ1v) is 8.92. The Labute approximate surface area is 132 Å². The van der Waals surface area contributed by atoms with Crippen LogP contribution in [0.15, 0.2) is 20.0 Å². The van der Waals surface area contributed by atoms with Crippen molar-refractivity contribution >= 4 is 31.9 Å². The lowest BCUT2D eigenvalue weighted by Gasteiger charge is -2.39. The van der Waals surface area contributed by atoms with Crippen molar-refractivity contribution in [2.45, 2.75) is 38.1 Å². The maximum Gasteiger partial charge on any atom is 0.371 e. The molecule has 21 heavy (non-hydrogen) atoms. The van der Waals surface area contributed by atoms with Crippen LogP contribution in [0.1, 0.15) is 37.7 Å². The second kappa shape index (κ2) is 5.73. The summed E-state index contributed by atoms with van der Waals surface area (Å²) in [5.74, 6) is -1.19. The largest absolute Gasteiger partial charge is 0.475 e. The van der Waals surface area contributed by atoms with Crippen LogP contribution in [-0.2, 0) is 10.0 Å². The van der Waals surface area contributed by atoms with Crippen LogP contribution in [-0.4, -0.2) is 36.4 Å². The first kappa shape index (κ1) is 16.5. The van der Waals surface area contributed by atoms with E-state index in [2.05, 4.69) is 15.9 Å². The smallest absolute Gasteiger partial charge is 0.371 e. The lowest BCUT2D eigenvalue weighted by Crippen LogP contribution is -2.48. The summed E-state index contributed by atoms with van der Waals surface area (Å²) < 4.78 is 31.9. The first-order chi connectivity index (χ1) is 9.64. The summed E-state index contributed by atoms with van der Waals surface area (Å²) in [4.78, 5) is 10.8. The topological polar surface area (TPSA) is 87.8 Å². The molecule has 1 aliphatic rings. The second-order valence-corrected chi connectivity index (χ2v) is 8.27. The number of hydrogen-bond acceptors (Lipinski definition) is 4. The molecule has 0 bridgehead atoms. The van der Waals surface area contributed by atoms with Gasteiger partial charge >= 0.3 is 5.97 Å². The monoisotopic (exact) mass is 379 g/mol. The van der Waals surface area contributed by atoms with E-state index in [1.165, 1.54) is 4.31 Å². The highest BCUT2D eigenvalue weighted by atomic mass is 79.9. The summed E-state index contributed by atoms with van der Waals surface area (Å²) in [6.07, 6.45) is 0.972. The Kier molecular flexibility index (Phi) is 4.51.